The first kappa shape index (κ1) is 12.5. The Morgan fingerprint density at radius 2 is 2.22 bits per heavy atom. The van der Waals surface area contributed by atoms with Crippen LogP contribution in [-0.4, -0.2) is 22.1 Å². The van der Waals surface area contributed by atoms with Gasteiger partial charge in [0, 0.05) is 13.0 Å². The molecule has 0 radical (unpaired) electrons. The van der Waals surface area contributed by atoms with Gasteiger partial charge >= 0.3 is 5.97 Å². The van der Waals surface area contributed by atoms with E-state index in [0.29, 0.717) is 11.5 Å². The number of nitrogens with two attached hydrogens (primary N) is 2. The van der Waals surface area contributed by atoms with E-state index in [0.717, 1.165) is 11.1 Å². The number of oxazole rings is 1. The summed E-state index contributed by atoms with van der Waals surface area (Å²) in [5.41, 5.74) is 13.6. The molecule has 2 rings (SSSR count). The summed E-state index contributed by atoms with van der Waals surface area (Å²) in [4.78, 5) is 14.8. The third-order valence-electron chi connectivity index (χ3n) is 2.77. The van der Waals surface area contributed by atoms with E-state index in [-0.39, 0.29) is 6.42 Å². The maximum Gasteiger partial charge on any atom is 0.320 e. The van der Waals surface area contributed by atoms with E-state index in [1.165, 1.54) is 0 Å². The summed E-state index contributed by atoms with van der Waals surface area (Å²) in [5, 5.41) is 8.74. The van der Waals surface area contributed by atoms with Crippen LogP contribution in [0.5, 0.6) is 0 Å². The number of carboxylic acids is 1. The van der Waals surface area contributed by atoms with Crippen molar-refractivity contribution in [3.63, 3.8) is 0 Å². The van der Waals surface area contributed by atoms with Crippen molar-refractivity contribution in [2.45, 2.75) is 25.4 Å². The van der Waals surface area contributed by atoms with Crippen molar-refractivity contribution < 1.29 is 14.3 Å². The monoisotopic (exact) mass is 249 g/mol. The highest BCUT2D eigenvalue weighted by molar-refractivity contribution is 5.74. The van der Waals surface area contributed by atoms with Crippen LogP contribution in [0.15, 0.2) is 22.6 Å². The first-order valence-corrected chi connectivity index (χ1v) is 5.58. The molecule has 6 nitrogen and oxygen atoms in total. The molecule has 0 bridgehead atoms. The molecule has 0 fully saturated rings. The smallest absolute Gasteiger partial charge is 0.320 e. The lowest BCUT2D eigenvalue weighted by molar-refractivity contribution is -0.138. The molecule has 5 N–H and O–H groups in total. The predicted octanol–water partition coefficient (Wildman–Crippen LogP) is 0.938. The third kappa shape index (κ3) is 2.49. The second-order valence-corrected chi connectivity index (χ2v) is 4.25. The minimum atomic E-state index is -1.05. The number of aryl methyl sites for hydroxylation is 1. The zero-order valence-corrected chi connectivity index (χ0v) is 9.96. The molecule has 0 aliphatic heterocycles. The van der Waals surface area contributed by atoms with Crippen LogP contribution in [0.1, 0.15) is 23.9 Å². The van der Waals surface area contributed by atoms with Gasteiger partial charge in [0.05, 0.1) is 0 Å². The van der Waals surface area contributed by atoms with Crippen LogP contribution >= 0.6 is 0 Å². The zero-order valence-electron chi connectivity index (χ0n) is 9.96. The molecule has 2 atom stereocenters. The largest absolute Gasteiger partial charge is 0.480 e. The highest BCUT2D eigenvalue weighted by atomic mass is 16.4. The third-order valence-corrected chi connectivity index (χ3v) is 2.77. The number of hydrogen-bond donors (Lipinski definition) is 3. The van der Waals surface area contributed by atoms with Gasteiger partial charge < -0.3 is 21.0 Å². The summed E-state index contributed by atoms with van der Waals surface area (Å²) < 4.78 is 5.40. The number of fused-ring (bicyclic) bond motifs is 1. The topological polar surface area (TPSA) is 115 Å². The fourth-order valence-electron chi connectivity index (χ4n) is 1.80. The van der Waals surface area contributed by atoms with Crippen molar-refractivity contribution in [1.29, 1.82) is 0 Å². The predicted molar refractivity (Wildman–Crippen MR) is 65.9 cm³/mol. The molecule has 1 aromatic carbocycles. The van der Waals surface area contributed by atoms with E-state index < -0.39 is 18.1 Å². The van der Waals surface area contributed by atoms with Crippen molar-refractivity contribution >= 4 is 17.1 Å². The van der Waals surface area contributed by atoms with Gasteiger partial charge in [-0.2, -0.15) is 0 Å². The molecule has 0 aliphatic rings. The van der Waals surface area contributed by atoms with Crippen LogP contribution in [0.25, 0.3) is 11.1 Å². The van der Waals surface area contributed by atoms with Gasteiger partial charge in [0.2, 0.25) is 0 Å². The average Bonchev–Trinajstić information content (AvgIpc) is 2.67. The molecule has 1 aromatic heterocycles. The molecule has 2 unspecified atom stereocenters. The second-order valence-electron chi connectivity index (χ2n) is 4.25. The Balaban J connectivity index is 2.22. The van der Waals surface area contributed by atoms with Crippen molar-refractivity contribution in [3.05, 3.63) is 29.7 Å². The Hall–Kier alpha value is -1.92. The summed E-state index contributed by atoms with van der Waals surface area (Å²) in [5.74, 6) is -0.472. The van der Waals surface area contributed by atoms with E-state index in [2.05, 4.69) is 4.98 Å². The molecule has 0 aliphatic carbocycles. The van der Waals surface area contributed by atoms with Crippen LogP contribution in [0, 0.1) is 6.92 Å². The quantitative estimate of drug-likeness (QED) is 0.742. The Bertz CT molecular complexity index is 579. The number of benzene rings is 1. The number of carbonyl (C=O) groups is 1. The van der Waals surface area contributed by atoms with E-state index in [1.54, 1.807) is 19.1 Å². The van der Waals surface area contributed by atoms with Gasteiger partial charge in [-0.05, 0) is 24.1 Å². The van der Waals surface area contributed by atoms with Crippen molar-refractivity contribution in [1.82, 2.24) is 4.98 Å². The fraction of sp³-hybridized carbons (Fsp3) is 0.333. The van der Waals surface area contributed by atoms with Gasteiger partial charge in [-0.25, -0.2) is 4.98 Å². The van der Waals surface area contributed by atoms with E-state index in [9.17, 15) is 4.79 Å². The lowest BCUT2D eigenvalue weighted by Gasteiger charge is -2.14. The van der Waals surface area contributed by atoms with Gasteiger partial charge in [-0.15, -0.1) is 0 Å². The SMILES string of the molecule is Cc1nc2ccc(C(N)CC(N)C(=O)O)cc2o1. The molecule has 6 heteroatoms. The molecule has 1 heterocycles. The summed E-state index contributed by atoms with van der Waals surface area (Å²) in [7, 11) is 0. The number of aromatic nitrogens is 1. The maximum atomic E-state index is 10.7. The normalized spacial score (nSPS) is 14.6. The van der Waals surface area contributed by atoms with Crippen molar-refractivity contribution in [2.75, 3.05) is 0 Å². The fourth-order valence-corrected chi connectivity index (χ4v) is 1.80. The molecule has 0 spiro atoms. The van der Waals surface area contributed by atoms with Crippen LogP contribution in [0.2, 0.25) is 0 Å². The minimum Gasteiger partial charge on any atom is -0.480 e. The Morgan fingerprint density at radius 3 is 2.89 bits per heavy atom. The van der Waals surface area contributed by atoms with Gasteiger partial charge in [-0.3, -0.25) is 4.79 Å². The van der Waals surface area contributed by atoms with Gasteiger partial charge in [0.25, 0.3) is 0 Å². The van der Waals surface area contributed by atoms with E-state index in [4.69, 9.17) is 21.0 Å². The molecule has 2 aromatic rings. The minimum absolute atomic E-state index is 0.175. The lowest BCUT2D eigenvalue weighted by Crippen LogP contribution is -2.33. The number of hydrogen-bond acceptors (Lipinski definition) is 5. The summed E-state index contributed by atoms with van der Waals surface area (Å²) >= 11 is 0. The highest BCUT2D eigenvalue weighted by Crippen LogP contribution is 2.22. The standard InChI is InChI=1S/C12H15N3O3/c1-6-15-10-3-2-7(4-11(10)18-6)8(13)5-9(14)12(16)17/h2-4,8-9H,5,13-14H2,1H3,(H,16,17). The van der Waals surface area contributed by atoms with Crippen molar-refractivity contribution in [3.8, 4) is 0 Å². The summed E-state index contributed by atoms with van der Waals surface area (Å²) in [6, 6.07) is 3.98. The van der Waals surface area contributed by atoms with Crippen LogP contribution in [0.3, 0.4) is 0 Å². The maximum absolute atomic E-state index is 10.7. The van der Waals surface area contributed by atoms with Gasteiger partial charge in [-0.1, -0.05) is 6.07 Å². The molecule has 96 valence electrons. The summed E-state index contributed by atoms with van der Waals surface area (Å²) in [6.07, 6.45) is 0.175. The second kappa shape index (κ2) is 4.75. The molecular formula is C12H15N3O3. The van der Waals surface area contributed by atoms with E-state index >= 15 is 0 Å². The Labute approximate surface area is 104 Å². The van der Waals surface area contributed by atoms with Crippen LogP contribution < -0.4 is 11.5 Å². The molecule has 0 saturated carbocycles. The molecule has 18 heavy (non-hydrogen) atoms. The zero-order chi connectivity index (χ0) is 13.3. The van der Waals surface area contributed by atoms with E-state index in [1.807, 2.05) is 6.07 Å². The highest BCUT2D eigenvalue weighted by Gasteiger charge is 2.18. The van der Waals surface area contributed by atoms with Crippen LogP contribution in [-0.2, 0) is 4.79 Å². The lowest BCUT2D eigenvalue weighted by atomic mass is 10.0. The van der Waals surface area contributed by atoms with Gasteiger partial charge in [0.15, 0.2) is 11.5 Å². The molecular weight excluding hydrogens is 234 g/mol. The Morgan fingerprint density at radius 1 is 1.50 bits per heavy atom. The average molecular weight is 249 g/mol. The summed E-state index contributed by atoms with van der Waals surface area (Å²) in [6.45, 7) is 1.76. The number of rotatable bonds is 4. The Kier molecular flexibility index (Phi) is 3.31. The van der Waals surface area contributed by atoms with Gasteiger partial charge in [0.1, 0.15) is 11.6 Å². The first-order valence-electron chi connectivity index (χ1n) is 5.58. The van der Waals surface area contributed by atoms with Crippen LogP contribution in [0.4, 0.5) is 0 Å². The number of nitrogens with zero attached hydrogens (tertiary/aromatic N) is 1. The number of carboxylic acid groups (broad SMARTS) is 1. The first-order chi connectivity index (χ1) is 8.47. The van der Waals surface area contributed by atoms with Crippen molar-refractivity contribution in [2.24, 2.45) is 11.5 Å². The molecule has 0 amide bonds. The number of aliphatic carboxylic acids is 1. The molecule has 0 saturated heterocycles.